The normalized spacial score (nSPS) is 12.0. The van der Waals surface area contributed by atoms with Crippen LogP contribution in [0.25, 0.3) is 0 Å². The number of carbonyl (C=O) groups is 2. The molecule has 0 heterocycles. The second-order valence-electron chi connectivity index (χ2n) is 11.6. The highest BCUT2D eigenvalue weighted by Crippen LogP contribution is 2.27. The van der Waals surface area contributed by atoms with Gasteiger partial charge < -0.3 is 10.2 Å². The lowest BCUT2D eigenvalue weighted by molar-refractivity contribution is -0.140. The van der Waals surface area contributed by atoms with Gasteiger partial charge in [-0.3, -0.25) is 13.9 Å². The summed E-state index contributed by atoms with van der Waals surface area (Å²) in [5.74, 6) is -0.519. The van der Waals surface area contributed by atoms with Crippen molar-refractivity contribution in [2.24, 2.45) is 0 Å². The molecule has 2 amide bonds. The van der Waals surface area contributed by atoms with Gasteiger partial charge in [-0.1, -0.05) is 98.3 Å². The number of anilines is 1. The Kier molecular flexibility index (Phi) is 11.2. The monoisotopic (exact) mass is 625 g/mol. The Morgan fingerprint density at radius 3 is 2.02 bits per heavy atom. The van der Waals surface area contributed by atoms with Gasteiger partial charge in [0.1, 0.15) is 12.6 Å². The van der Waals surface area contributed by atoms with Gasteiger partial charge in [-0.15, -0.1) is 0 Å². The van der Waals surface area contributed by atoms with Crippen molar-refractivity contribution in [1.82, 2.24) is 10.2 Å². The van der Waals surface area contributed by atoms with Crippen molar-refractivity contribution >= 4 is 27.5 Å². The van der Waals surface area contributed by atoms with Crippen LogP contribution in [-0.2, 0) is 32.6 Å². The van der Waals surface area contributed by atoms with Crippen molar-refractivity contribution in [3.63, 3.8) is 0 Å². The van der Waals surface area contributed by atoms with Crippen LogP contribution in [0.1, 0.15) is 54.5 Å². The van der Waals surface area contributed by atoms with Crippen molar-refractivity contribution < 1.29 is 18.0 Å². The number of hydrogen-bond donors (Lipinski definition) is 1. The van der Waals surface area contributed by atoms with Crippen LogP contribution in [0.2, 0.25) is 0 Å². The van der Waals surface area contributed by atoms with Crippen LogP contribution in [-0.4, -0.2) is 44.3 Å². The number of nitrogens with zero attached hydrogens (tertiary/aromatic N) is 2. The third kappa shape index (κ3) is 8.39. The Hall–Kier alpha value is -4.43. The number of hydrogen-bond acceptors (Lipinski definition) is 4. The number of aryl methyl sites for hydroxylation is 2. The van der Waals surface area contributed by atoms with Crippen LogP contribution >= 0.6 is 0 Å². The van der Waals surface area contributed by atoms with Gasteiger partial charge in [0.15, 0.2) is 0 Å². The molecule has 0 saturated heterocycles. The summed E-state index contributed by atoms with van der Waals surface area (Å²) >= 11 is 0. The molecule has 0 aliphatic rings. The molecule has 0 spiro atoms. The summed E-state index contributed by atoms with van der Waals surface area (Å²) < 4.78 is 29.6. The molecule has 1 atom stereocenters. The summed E-state index contributed by atoms with van der Waals surface area (Å²) in [6.07, 6.45) is 0.276. The second-order valence-corrected chi connectivity index (χ2v) is 13.5. The Morgan fingerprint density at radius 1 is 0.800 bits per heavy atom. The number of carbonyl (C=O) groups excluding carboxylic acids is 2. The lowest BCUT2D eigenvalue weighted by Gasteiger charge is -2.34. The lowest BCUT2D eigenvalue weighted by atomic mass is 10.0. The standard InChI is InChI=1S/C37H43N3O4S/c1-6-38-37(42)35(24-30-13-8-7-9-14-30)39(25-32-15-11-10-12-29(32)5)36(41)26-40(33-20-18-31(19-21-33)27(2)3)45(43,44)34-22-16-28(4)17-23-34/h7-23,27,35H,6,24-26H2,1-5H3,(H,38,42)/t35-/m1/s1. The molecule has 4 aromatic carbocycles. The van der Waals surface area contributed by atoms with E-state index in [0.29, 0.717) is 12.2 Å². The fourth-order valence-electron chi connectivity index (χ4n) is 5.21. The molecule has 8 heteroatoms. The first kappa shape index (κ1) is 33.5. The molecule has 4 aromatic rings. The summed E-state index contributed by atoms with van der Waals surface area (Å²) in [5, 5.41) is 2.90. The predicted molar refractivity (Wildman–Crippen MR) is 181 cm³/mol. The van der Waals surface area contributed by atoms with Crippen molar-refractivity contribution in [2.45, 2.75) is 64.4 Å². The predicted octanol–water partition coefficient (Wildman–Crippen LogP) is 6.40. The summed E-state index contributed by atoms with van der Waals surface area (Å²) in [7, 11) is -4.14. The average Bonchev–Trinajstić information content (AvgIpc) is 3.03. The van der Waals surface area contributed by atoms with E-state index in [1.807, 2.05) is 87.5 Å². The van der Waals surface area contributed by atoms with Crippen LogP contribution < -0.4 is 9.62 Å². The molecule has 0 fully saturated rings. The zero-order valence-electron chi connectivity index (χ0n) is 26.7. The quantitative estimate of drug-likeness (QED) is 0.186. The van der Waals surface area contributed by atoms with Crippen LogP contribution in [0.3, 0.4) is 0 Å². The maximum atomic E-state index is 14.5. The van der Waals surface area contributed by atoms with E-state index < -0.39 is 28.5 Å². The van der Waals surface area contributed by atoms with E-state index >= 15 is 0 Å². The van der Waals surface area contributed by atoms with Gasteiger partial charge in [0.25, 0.3) is 10.0 Å². The van der Waals surface area contributed by atoms with E-state index in [-0.39, 0.29) is 29.7 Å². The molecule has 0 aliphatic heterocycles. The number of likely N-dealkylation sites (N-methyl/N-ethyl adjacent to an activating group) is 1. The molecular formula is C37H43N3O4S. The topological polar surface area (TPSA) is 86.8 Å². The number of rotatable bonds is 13. The van der Waals surface area contributed by atoms with Crippen molar-refractivity contribution in [2.75, 3.05) is 17.4 Å². The first-order chi connectivity index (χ1) is 21.5. The third-order valence-corrected chi connectivity index (χ3v) is 9.75. The van der Waals surface area contributed by atoms with Crippen LogP contribution in [0.4, 0.5) is 5.69 Å². The van der Waals surface area contributed by atoms with Crippen molar-refractivity contribution in [1.29, 1.82) is 0 Å². The summed E-state index contributed by atoms with van der Waals surface area (Å²) in [6, 6.07) is 30.2. The number of benzene rings is 4. The Labute approximate surface area is 268 Å². The first-order valence-corrected chi connectivity index (χ1v) is 16.8. The first-order valence-electron chi connectivity index (χ1n) is 15.4. The molecule has 0 radical (unpaired) electrons. The largest absolute Gasteiger partial charge is 0.355 e. The molecule has 0 bridgehead atoms. The Bertz CT molecular complexity index is 1690. The van der Waals surface area contributed by atoms with E-state index in [4.69, 9.17) is 0 Å². The van der Waals surface area contributed by atoms with Crippen molar-refractivity contribution in [3.8, 4) is 0 Å². The minimum absolute atomic E-state index is 0.0869. The van der Waals surface area contributed by atoms with Crippen molar-refractivity contribution in [3.05, 3.63) is 131 Å². The molecule has 236 valence electrons. The molecule has 0 aromatic heterocycles. The molecule has 4 rings (SSSR count). The van der Waals surface area contributed by atoms with Gasteiger partial charge in [-0.05, 0) is 73.2 Å². The maximum absolute atomic E-state index is 14.5. The summed E-state index contributed by atoms with van der Waals surface area (Å²) in [6.45, 7) is 9.88. The van der Waals surface area contributed by atoms with Gasteiger partial charge in [0.05, 0.1) is 10.6 Å². The molecule has 1 N–H and O–H groups in total. The Morgan fingerprint density at radius 2 is 1.42 bits per heavy atom. The van der Waals surface area contributed by atoms with Gasteiger partial charge in [0, 0.05) is 19.5 Å². The molecule has 45 heavy (non-hydrogen) atoms. The number of nitrogens with one attached hydrogen (secondary N) is 1. The summed E-state index contributed by atoms with van der Waals surface area (Å²) in [4.78, 5) is 29.8. The molecule has 0 unspecified atom stereocenters. The molecular weight excluding hydrogens is 582 g/mol. The minimum atomic E-state index is -4.14. The minimum Gasteiger partial charge on any atom is -0.355 e. The SMILES string of the molecule is CCNC(=O)[C@@H](Cc1ccccc1)N(Cc1ccccc1C)C(=O)CN(c1ccc(C(C)C)cc1)S(=O)(=O)c1ccc(C)cc1. The fourth-order valence-corrected chi connectivity index (χ4v) is 6.62. The maximum Gasteiger partial charge on any atom is 0.264 e. The van der Waals surface area contributed by atoms with E-state index in [2.05, 4.69) is 19.2 Å². The molecule has 0 aliphatic carbocycles. The number of sulfonamides is 1. The fraction of sp³-hybridized carbons (Fsp3) is 0.297. The highest BCUT2D eigenvalue weighted by Gasteiger charge is 2.34. The number of amides is 2. The molecule has 0 saturated carbocycles. The van der Waals surface area contributed by atoms with E-state index in [0.717, 1.165) is 32.1 Å². The van der Waals surface area contributed by atoms with Gasteiger partial charge in [-0.2, -0.15) is 0 Å². The van der Waals surface area contributed by atoms with Gasteiger partial charge in [0.2, 0.25) is 11.8 Å². The smallest absolute Gasteiger partial charge is 0.264 e. The Balaban J connectivity index is 1.81. The van der Waals surface area contributed by atoms with Gasteiger partial charge in [-0.25, -0.2) is 8.42 Å². The van der Waals surface area contributed by atoms with Crippen LogP contribution in [0.15, 0.2) is 108 Å². The third-order valence-electron chi connectivity index (χ3n) is 7.96. The molecule has 7 nitrogen and oxygen atoms in total. The highest BCUT2D eigenvalue weighted by molar-refractivity contribution is 7.92. The van der Waals surface area contributed by atoms with Crippen LogP contribution in [0.5, 0.6) is 0 Å². The zero-order chi connectivity index (χ0) is 32.6. The zero-order valence-corrected chi connectivity index (χ0v) is 27.6. The summed E-state index contributed by atoms with van der Waals surface area (Å²) in [5.41, 5.74) is 5.10. The average molecular weight is 626 g/mol. The van der Waals surface area contributed by atoms with E-state index in [1.165, 1.54) is 4.90 Å². The lowest BCUT2D eigenvalue weighted by Crippen LogP contribution is -2.53. The van der Waals surface area contributed by atoms with Gasteiger partial charge >= 0.3 is 0 Å². The second kappa shape index (κ2) is 15.0. The van der Waals surface area contributed by atoms with E-state index in [9.17, 15) is 18.0 Å². The highest BCUT2D eigenvalue weighted by atomic mass is 32.2. The van der Waals surface area contributed by atoms with E-state index in [1.54, 1.807) is 36.4 Å². The van der Waals surface area contributed by atoms with Crippen LogP contribution in [0, 0.1) is 13.8 Å².